The molecule has 19 heavy (non-hydrogen) atoms. The number of aliphatic imine (C=N–C) groups is 1. The molecule has 0 atom stereocenters. The van der Waals surface area contributed by atoms with E-state index in [1.165, 1.54) is 7.11 Å². The van der Waals surface area contributed by atoms with Crippen LogP contribution in [0.25, 0.3) is 5.57 Å². The zero-order chi connectivity index (χ0) is 14.4. The molecule has 4 nitrogen and oxygen atoms in total. The Labute approximate surface area is 113 Å². The third kappa shape index (κ3) is 3.55. The summed E-state index contributed by atoms with van der Waals surface area (Å²) in [4.78, 5) is 15.4. The first kappa shape index (κ1) is 14.7. The van der Waals surface area contributed by atoms with E-state index in [2.05, 4.69) is 11.7 Å². The van der Waals surface area contributed by atoms with Gasteiger partial charge in [-0.1, -0.05) is 6.07 Å². The maximum atomic E-state index is 11.8. The first-order valence-corrected chi connectivity index (χ1v) is 5.79. The fraction of sp³-hybridized carbons (Fsp3) is 0.200. The molecule has 4 heteroatoms. The van der Waals surface area contributed by atoms with Gasteiger partial charge in [-0.3, -0.25) is 4.99 Å². The number of nitrogen functional groups attached to an aromatic ring is 1. The molecule has 0 aliphatic carbocycles. The van der Waals surface area contributed by atoms with Gasteiger partial charge in [0.25, 0.3) is 0 Å². The average molecular weight is 258 g/mol. The molecule has 2 N–H and O–H groups in total. The SMILES string of the molecule is C=NC=CC(C)=C(C)c1ccc(N)cc1C(=O)OC. The number of hydrogen-bond acceptors (Lipinski definition) is 4. The van der Waals surface area contributed by atoms with E-state index in [9.17, 15) is 4.79 Å². The van der Waals surface area contributed by atoms with Crippen molar-refractivity contribution < 1.29 is 9.53 Å². The Morgan fingerprint density at radius 2 is 2.05 bits per heavy atom. The number of allylic oxidation sites excluding steroid dienone is 3. The molecule has 1 rings (SSSR count). The van der Waals surface area contributed by atoms with Crippen LogP contribution in [0, 0.1) is 0 Å². The molecule has 0 radical (unpaired) electrons. The van der Waals surface area contributed by atoms with E-state index < -0.39 is 5.97 Å². The number of carbonyl (C=O) groups is 1. The van der Waals surface area contributed by atoms with Crippen LogP contribution in [0.4, 0.5) is 5.69 Å². The second-order valence-corrected chi connectivity index (χ2v) is 4.10. The third-order valence-electron chi connectivity index (χ3n) is 2.87. The van der Waals surface area contributed by atoms with Crippen molar-refractivity contribution >= 4 is 23.9 Å². The van der Waals surface area contributed by atoms with Crippen molar-refractivity contribution in [3.8, 4) is 0 Å². The average Bonchev–Trinajstić information content (AvgIpc) is 2.42. The Kier molecular flexibility index (Phi) is 5.06. The highest BCUT2D eigenvalue weighted by Crippen LogP contribution is 2.25. The van der Waals surface area contributed by atoms with Crippen molar-refractivity contribution in [3.05, 3.63) is 47.2 Å². The Hall–Kier alpha value is -2.36. The minimum Gasteiger partial charge on any atom is -0.465 e. The zero-order valence-electron chi connectivity index (χ0n) is 11.4. The van der Waals surface area contributed by atoms with Crippen molar-refractivity contribution in [2.45, 2.75) is 13.8 Å². The van der Waals surface area contributed by atoms with Gasteiger partial charge in [0.1, 0.15) is 0 Å². The predicted molar refractivity (Wildman–Crippen MR) is 79.2 cm³/mol. The van der Waals surface area contributed by atoms with Crippen LogP contribution in [0.15, 0.2) is 41.0 Å². The van der Waals surface area contributed by atoms with Gasteiger partial charge in [-0.05, 0) is 55.5 Å². The van der Waals surface area contributed by atoms with Gasteiger partial charge in [0, 0.05) is 11.9 Å². The van der Waals surface area contributed by atoms with Crippen molar-refractivity contribution in [1.29, 1.82) is 0 Å². The van der Waals surface area contributed by atoms with E-state index in [0.29, 0.717) is 11.3 Å². The van der Waals surface area contributed by atoms with Crippen molar-refractivity contribution in [3.63, 3.8) is 0 Å². The molecule has 1 aromatic rings. The highest BCUT2D eigenvalue weighted by atomic mass is 16.5. The number of nitrogens with two attached hydrogens (primary N) is 1. The molecule has 0 aromatic heterocycles. The molecule has 0 spiro atoms. The lowest BCUT2D eigenvalue weighted by Gasteiger charge is -2.11. The molecule has 0 amide bonds. The molecule has 0 aliphatic heterocycles. The number of methoxy groups -OCH3 is 1. The van der Waals surface area contributed by atoms with Crippen LogP contribution in [-0.4, -0.2) is 19.8 Å². The van der Waals surface area contributed by atoms with E-state index in [4.69, 9.17) is 10.5 Å². The Bertz CT molecular complexity index is 557. The van der Waals surface area contributed by atoms with Gasteiger partial charge < -0.3 is 10.5 Å². The van der Waals surface area contributed by atoms with Gasteiger partial charge in [-0.25, -0.2) is 4.79 Å². The van der Waals surface area contributed by atoms with Crippen LogP contribution < -0.4 is 5.73 Å². The van der Waals surface area contributed by atoms with E-state index in [1.54, 1.807) is 18.3 Å². The lowest BCUT2D eigenvalue weighted by molar-refractivity contribution is 0.0600. The summed E-state index contributed by atoms with van der Waals surface area (Å²) in [5.41, 5.74) is 9.44. The minimum atomic E-state index is -0.403. The van der Waals surface area contributed by atoms with Gasteiger partial charge >= 0.3 is 5.97 Å². The second-order valence-electron chi connectivity index (χ2n) is 4.10. The number of ether oxygens (including phenoxy) is 1. The maximum Gasteiger partial charge on any atom is 0.338 e. The maximum absolute atomic E-state index is 11.8. The van der Waals surface area contributed by atoms with Crippen LogP contribution in [0.5, 0.6) is 0 Å². The number of carbonyl (C=O) groups excluding carboxylic acids is 1. The number of nitrogens with zero attached hydrogens (tertiary/aromatic N) is 1. The molecule has 0 unspecified atom stereocenters. The highest BCUT2D eigenvalue weighted by Gasteiger charge is 2.14. The molecular weight excluding hydrogens is 240 g/mol. The summed E-state index contributed by atoms with van der Waals surface area (Å²) in [6, 6.07) is 5.19. The number of benzene rings is 1. The first-order chi connectivity index (χ1) is 9.01. The summed E-state index contributed by atoms with van der Waals surface area (Å²) in [7, 11) is 1.35. The number of anilines is 1. The Balaban J connectivity index is 3.37. The minimum absolute atomic E-state index is 0.403. The Morgan fingerprint density at radius 3 is 2.63 bits per heavy atom. The normalized spacial score (nSPS) is 12.2. The number of rotatable bonds is 4. The van der Waals surface area contributed by atoms with Gasteiger partial charge in [0.2, 0.25) is 0 Å². The van der Waals surface area contributed by atoms with Crippen molar-refractivity contribution in [2.75, 3.05) is 12.8 Å². The van der Waals surface area contributed by atoms with Crippen LogP contribution in [0.1, 0.15) is 29.8 Å². The smallest absolute Gasteiger partial charge is 0.338 e. The van der Waals surface area contributed by atoms with E-state index in [-0.39, 0.29) is 0 Å². The van der Waals surface area contributed by atoms with Crippen LogP contribution >= 0.6 is 0 Å². The highest BCUT2D eigenvalue weighted by molar-refractivity contribution is 5.96. The number of hydrogen-bond donors (Lipinski definition) is 1. The monoisotopic (exact) mass is 258 g/mol. The molecule has 1 aromatic carbocycles. The molecule has 0 saturated heterocycles. The van der Waals surface area contributed by atoms with Crippen LogP contribution in [0.3, 0.4) is 0 Å². The van der Waals surface area contributed by atoms with Gasteiger partial charge in [0.05, 0.1) is 12.7 Å². The van der Waals surface area contributed by atoms with Gasteiger partial charge in [0.15, 0.2) is 0 Å². The van der Waals surface area contributed by atoms with E-state index in [0.717, 1.165) is 16.7 Å². The van der Waals surface area contributed by atoms with Crippen molar-refractivity contribution in [2.24, 2.45) is 4.99 Å². The molecule has 0 heterocycles. The third-order valence-corrected chi connectivity index (χ3v) is 2.87. The molecule has 0 aliphatic rings. The topological polar surface area (TPSA) is 64.7 Å². The molecule has 100 valence electrons. The fourth-order valence-corrected chi connectivity index (χ4v) is 1.67. The summed E-state index contributed by atoms with van der Waals surface area (Å²) in [5.74, 6) is -0.403. The standard InChI is InChI=1S/C15H18N2O2/c1-10(7-8-17-3)11(2)13-6-5-12(16)9-14(13)15(18)19-4/h5-9H,3,16H2,1-2,4H3. The largest absolute Gasteiger partial charge is 0.465 e. The summed E-state index contributed by atoms with van der Waals surface area (Å²) >= 11 is 0. The first-order valence-electron chi connectivity index (χ1n) is 5.79. The van der Waals surface area contributed by atoms with Crippen molar-refractivity contribution in [1.82, 2.24) is 0 Å². The second kappa shape index (κ2) is 6.54. The van der Waals surface area contributed by atoms with Gasteiger partial charge in [-0.15, -0.1) is 0 Å². The lowest BCUT2D eigenvalue weighted by Crippen LogP contribution is -2.06. The number of esters is 1. The lowest BCUT2D eigenvalue weighted by atomic mass is 9.96. The summed E-state index contributed by atoms with van der Waals surface area (Å²) in [6.07, 6.45) is 3.44. The quantitative estimate of drug-likeness (QED) is 0.390. The van der Waals surface area contributed by atoms with Crippen LogP contribution in [-0.2, 0) is 4.74 Å². The van der Waals surface area contributed by atoms with Crippen LogP contribution in [0.2, 0.25) is 0 Å². The van der Waals surface area contributed by atoms with Gasteiger partial charge in [-0.2, -0.15) is 0 Å². The molecular formula is C15H18N2O2. The fourth-order valence-electron chi connectivity index (χ4n) is 1.67. The van der Waals surface area contributed by atoms with E-state index >= 15 is 0 Å². The molecule has 0 saturated carbocycles. The summed E-state index contributed by atoms with van der Waals surface area (Å²) < 4.78 is 4.78. The summed E-state index contributed by atoms with van der Waals surface area (Å²) in [6.45, 7) is 7.26. The molecule has 0 bridgehead atoms. The molecule has 0 fully saturated rings. The Morgan fingerprint density at radius 1 is 1.37 bits per heavy atom. The summed E-state index contributed by atoms with van der Waals surface area (Å²) in [5, 5.41) is 0. The predicted octanol–water partition coefficient (Wildman–Crippen LogP) is 3.06. The van der Waals surface area contributed by atoms with E-state index in [1.807, 2.05) is 26.0 Å². The zero-order valence-corrected chi connectivity index (χ0v) is 11.4.